The molecule has 1 saturated carbocycles. The fourth-order valence-electron chi connectivity index (χ4n) is 6.67. The molecule has 3 aliphatic rings. The molecule has 6 N–H and O–H groups in total. The lowest BCUT2D eigenvalue weighted by molar-refractivity contribution is -0.144. The summed E-state index contributed by atoms with van der Waals surface area (Å²) >= 11 is 0. The van der Waals surface area contributed by atoms with E-state index in [2.05, 4.69) is 54.8 Å². The van der Waals surface area contributed by atoms with Gasteiger partial charge in [0.15, 0.2) is 0 Å². The van der Waals surface area contributed by atoms with E-state index in [1.54, 1.807) is 4.90 Å². The Morgan fingerprint density at radius 2 is 1.65 bits per heavy atom. The molecule has 300 valence electrons. The number of Topliss-reactive ketones (excluding diaryl/α,β-unsaturated/α-hetero) is 1. The summed E-state index contributed by atoms with van der Waals surface area (Å²) < 4.78 is 0. The molecule has 4 unspecified atom stereocenters. The number of hydrogen-bond acceptors (Lipinski definition) is 7. The van der Waals surface area contributed by atoms with Crippen LogP contribution in [0.5, 0.6) is 0 Å². The predicted molar refractivity (Wildman–Crippen MR) is 210 cm³/mol. The van der Waals surface area contributed by atoms with Gasteiger partial charge in [0.05, 0.1) is 12.1 Å². The Labute approximate surface area is 321 Å². The van der Waals surface area contributed by atoms with Gasteiger partial charge in [-0.1, -0.05) is 90.5 Å². The van der Waals surface area contributed by atoms with E-state index in [0.717, 1.165) is 30.4 Å². The largest absolute Gasteiger partial charge is 0.465 e. The Hall–Kier alpha value is -4.52. The van der Waals surface area contributed by atoms with Gasteiger partial charge in [-0.2, -0.15) is 0 Å². The predicted octanol–water partition coefficient (Wildman–Crippen LogP) is 4.34. The Bertz CT molecular complexity index is 1490. The van der Waals surface area contributed by atoms with Gasteiger partial charge < -0.3 is 31.3 Å². The van der Waals surface area contributed by atoms with Crippen LogP contribution in [0.1, 0.15) is 98.1 Å². The minimum absolute atomic E-state index is 0.0104. The number of carbonyl (C=O) groups is 6. The number of likely N-dealkylation sites (tertiary alicyclic amines) is 1. The third-order valence-electron chi connectivity index (χ3n) is 9.71. The molecule has 2 fully saturated rings. The molecule has 13 nitrogen and oxygen atoms in total. The average Bonchev–Trinajstić information content (AvgIpc) is 3.84. The molecule has 1 aromatic carbocycles. The first kappa shape index (κ1) is 45.6. The van der Waals surface area contributed by atoms with Crippen molar-refractivity contribution in [2.45, 2.75) is 124 Å². The first-order valence-electron chi connectivity index (χ1n) is 19.1. The van der Waals surface area contributed by atoms with Crippen molar-refractivity contribution in [1.29, 1.82) is 0 Å². The minimum Gasteiger partial charge on any atom is -0.465 e. The van der Waals surface area contributed by atoms with E-state index in [-0.39, 0.29) is 41.6 Å². The number of nitrogens with zero attached hydrogens (tertiary/aromatic N) is 2. The molecule has 5 amide bonds. The number of nitrogens with two attached hydrogens (primary N) is 1. The molecule has 0 bridgehead atoms. The standard InChI is InChI=1S/C29H48N4O4.C10H11NO2.C2H5NO/c1-9-12-21(24(34)27(36)30-16-10-2)31-26(35)22-13-11-17-33(22)28(37)25(29(6,7)8)32-23(18(3)4)19(5)20-14-15-20;12-10(13)11-6-5-8-3-1-2-4-9(8)7-11;1-2(3)4/h10,18,20-23,25,32H,2,5,9,11-17H2,1,3-4,6-8H3,(H,30,36)(H,31,35);1-4H,5-7H2,(H,12,13);1H3,(H2,3,4). The van der Waals surface area contributed by atoms with E-state index in [1.165, 1.54) is 23.5 Å². The van der Waals surface area contributed by atoms with Crippen LogP contribution in [0.25, 0.3) is 0 Å². The number of benzene rings is 1. The van der Waals surface area contributed by atoms with Crippen LogP contribution >= 0.6 is 0 Å². The van der Waals surface area contributed by atoms with Crippen molar-refractivity contribution in [3.8, 4) is 0 Å². The zero-order valence-corrected chi connectivity index (χ0v) is 33.4. The van der Waals surface area contributed by atoms with Crippen LogP contribution < -0.4 is 21.7 Å². The Morgan fingerprint density at radius 1 is 1.04 bits per heavy atom. The fraction of sp³-hybridized carbons (Fsp3) is 0.610. The van der Waals surface area contributed by atoms with Gasteiger partial charge >= 0.3 is 6.09 Å². The topological polar surface area (TPSA) is 191 Å². The second-order valence-electron chi connectivity index (χ2n) is 15.8. The van der Waals surface area contributed by atoms with Crippen LogP contribution in [-0.2, 0) is 36.9 Å². The van der Waals surface area contributed by atoms with E-state index in [4.69, 9.17) is 5.11 Å². The summed E-state index contributed by atoms with van der Waals surface area (Å²) in [5.74, 6) is -1.47. The van der Waals surface area contributed by atoms with Gasteiger partial charge in [-0.15, -0.1) is 6.58 Å². The van der Waals surface area contributed by atoms with Crippen molar-refractivity contribution in [1.82, 2.24) is 25.8 Å². The summed E-state index contributed by atoms with van der Waals surface area (Å²) in [6.45, 7) is 23.3. The van der Waals surface area contributed by atoms with Gasteiger partial charge in [-0.3, -0.25) is 29.3 Å². The third kappa shape index (κ3) is 14.0. The van der Waals surface area contributed by atoms with Crippen LogP contribution in [0.15, 0.2) is 49.1 Å². The summed E-state index contributed by atoms with van der Waals surface area (Å²) in [4.78, 5) is 75.2. The summed E-state index contributed by atoms with van der Waals surface area (Å²) in [7, 11) is 0. The molecular weight excluding hydrogens is 688 g/mol. The zero-order chi connectivity index (χ0) is 40.7. The molecule has 1 aliphatic carbocycles. The van der Waals surface area contributed by atoms with Crippen molar-refractivity contribution in [3.63, 3.8) is 0 Å². The number of primary amides is 1. The van der Waals surface area contributed by atoms with Crippen molar-refractivity contribution in [2.75, 3.05) is 19.6 Å². The lowest BCUT2D eigenvalue weighted by Crippen LogP contribution is -2.60. The third-order valence-corrected chi connectivity index (χ3v) is 9.71. The van der Waals surface area contributed by atoms with Crippen LogP contribution in [0, 0.1) is 17.3 Å². The smallest absolute Gasteiger partial charge is 0.407 e. The molecule has 4 atom stereocenters. The number of ketones is 1. The lowest BCUT2D eigenvalue weighted by Gasteiger charge is -2.39. The SMILES string of the molecule is C=CCNC(=O)C(=O)C(CCC)NC(=O)C1CCCN1C(=O)C(NC(C(=C)C1CC1)C(C)C)C(C)(C)C.CC(N)=O.O=C(O)N1CCc2ccccc2C1. The van der Waals surface area contributed by atoms with Gasteiger partial charge in [-0.05, 0) is 66.9 Å². The highest BCUT2D eigenvalue weighted by Gasteiger charge is 2.44. The highest BCUT2D eigenvalue weighted by molar-refractivity contribution is 6.38. The Morgan fingerprint density at radius 3 is 2.17 bits per heavy atom. The second kappa shape index (κ2) is 21.4. The molecule has 1 saturated heterocycles. The van der Waals surface area contributed by atoms with E-state index in [0.29, 0.717) is 51.2 Å². The van der Waals surface area contributed by atoms with Crippen LogP contribution in [0.4, 0.5) is 4.79 Å². The molecule has 1 aromatic rings. The number of carboxylic acid groups (broad SMARTS) is 1. The summed E-state index contributed by atoms with van der Waals surface area (Å²) in [6.07, 6.45) is 5.99. The highest BCUT2D eigenvalue weighted by atomic mass is 16.4. The average molecular weight is 753 g/mol. The number of amides is 5. The summed E-state index contributed by atoms with van der Waals surface area (Å²) in [5.41, 5.74) is 7.65. The van der Waals surface area contributed by atoms with E-state index < -0.39 is 35.9 Å². The van der Waals surface area contributed by atoms with Crippen LogP contribution in [0.3, 0.4) is 0 Å². The Kier molecular flexibility index (Phi) is 18.1. The van der Waals surface area contributed by atoms with E-state index >= 15 is 0 Å². The number of fused-ring (bicyclic) bond motifs is 1. The lowest BCUT2D eigenvalue weighted by atomic mass is 9.83. The van der Waals surface area contributed by atoms with Gasteiger partial charge in [0, 0.05) is 39.1 Å². The molecule has 4 rings (SSSR count). The monoisotopic (exact) mass is 752 g/mol. The highest BCUT2D eigenvalue weighted by Crippen LogP contribution is 2.39. The molecule has 2 aliphatic heterocycles. The molecule has 13 heteroatoms. The van der Waals surface area contributed by atoms with Gasteiger partial charge in [0.1, 0.15) is 6.04 Å². The van der Waals surface area contributed by atoms with Crippen molar-refractivity contribution in [2.24, 2.45) is 23.0 Å². The minimum atomic E-state index is -0.927. The van der Waals surface area contributed by atoms with Crippen molar-refractivity contribution < 1.29 is 33.9 Å². The maximum Gasteiger partial charge on any atom is 0.407 e. The maximum absolute atomic E-state index is 14.0. The first-order valence-corrected chi connectivity index (χ1v) is 19.1. The maximum atomic E-state index is 14.0. The number of nitrogens with one attached hydrogen (secondary N) is 3. The molecule has 0 radical (unpaired) electrons. The number of hydrogen-bond donors (Lipinski definition) is 5. The molecule has 54 heavy (non-hydrogen) atoms. The van der Waals surface area contributed by atoms with E-state index in [9.17, 15) is 28.8 Å². The van der Waals surface area contributed by atoms with Crippen LogP contribution in [-0.4, -0.2) is 94.2 Å². The first-order chi connectivity index (χ1) is 25.3. The van der Waals surface area contributed by atoms with Gasteiger partial charge in [0.2, 0.25) is 23.5 Å². The quantitative estimate of drug-likeness (QED) is 0.137. The summed E-state index contributed by atoms with van der Waals surface area (Å²) in [5, 5.41) is 17.7. The normalized spacial score (nSPS) is 18.0. The number of rotatable bonds is 14. The van der Waals surface area contributed by atoms with Crippen LogP contribution in [0.2, 0.25) is 0 Å². The Balaban J connectivity index is 0.000000483. The molecular formula is C41H64N6O7. The van der Waals surface area contributed by atoms with Gasteiger partial charge in [0.25, 0.3) is 5.91 Å². The van der Waals surface area contributed by atoms with Crippen molar-refractivity contribution in [3.05, 3.63) is 60.2 Å². The zero-order valence-electron chi connectivity index (χ0n) is 33.4. The van der Waals surface area contributed by atoms with E-state index in [1.807, 2.05) is 45.9 Å². The molecule has 0 spiro atoms. The van der Waals surface area contributed by atoms with Crippen molar-refractivity contribution >= 4 is 35.5 Å². The second-order valence-corrected chi connectivity index (χ2v) is 15.8. The van der Waals surface area contributed by atoms with Gasteiger partial charge in [-0.25, -0.2) is 4.79 Å². The molecule has 2 heterocycles. The fourth-order valence-corrected chi connectivity index (χ4v) is 6.67. The number of carbonyl (C=O) groups excluding carboxylic acids is 5. The summed E-state index contributed by atoms with van der Waals surface area (Å²) in [6, 6.07) is 5.91. The molecule has 0 aromatic heterocycles.